The predicted molar refractivity (Wildman–Crippen MR) is 98.7 cm³/mol. The molecule has 2 aromatic rings. The van der Waals surface area contributed by atoms with Crippen LogP contribution in [-0.4, -0.2) is 28.9 Å². The monoisotopic (exact) mass is 355 g/mol. The first-order chi connectivity index (χ1) is 11.6. The summed E-state index contributed by atoms with van der Waals surface area (Å²) in [5.41, 5.74) is 3.31. The summed E-state index contributed by atoms with van der Waals surface area (Å²) in [5.74, 6) is 1.24. The lowest BCUT2D eigenvalue weighted by Gasteiger charge is -2.28. The number of thioether (sulfide) groups is 2. The standard InChI is InChI=1S/C18H17N3OS2/c1-12-9-13(2)20-18(14(12)10-19)24-11-17(22)21-7-8-23-16-6-4-3-5-15(16)21/h3-6,9H,7-8,11H2,1-2H3. The minimum absolute atomic E-state index is 0.0533. The van der Waals surface area contributed by atoms with Crippen molar-refractivity contribution in [2.24, 2.45) is 0 Å². The van der Waals surface area contributed by atoms with E-state index in [4.69, 9.17) is 0 Å². The van der Waals surface area contributed by atoms with E-state index < -0.39 is 0 Å². The van der Waals surface area contributed by atoms with Gasteiger partial charge in [0.05, 0.1) is 17.0 Å². The van der Waals surface area contributed by atoms with E-state index in [1.807, 2.05) is 49.1 Å². The van der Waals surface area contributed by atoms with Crippen molar-refractivity contribution in [1.29, 1.82) is 5.26 Å². The van der Waals surface area contributed by atoms with E-state index in [2.05, 4.69) is 11.1 Å². The Morgan fingerprint density at radius 1 is 1.42 bits per heavy atom. The molecule has 0 N–H and O–H groups in total. The van der Waals surface area contributed by atoms with Crippen LogP contribution in [0.2, 0.25) is 0 Å². The van der Waals surface area contributed by atoms with E-state index in [0.29, 0.717) is 17.1 Å². The molecule has 0 unspecified atom stereocenters. The summed E-state index contributed by atoms with van der Waals surface area (Å²) >= 11 is 3.12. The van der Waals surface area contributed by atoms with E-state index in [9.17, 15) is 10.1 Å². The number of hydrogen-bond acceptors (Lipinski definition) is 5. The topological polar surface area (TPSA) is 57.0 Å². The van der Waals surface area contributed by atoms with E-state index in [1.54, 1.807) is 11.8 Å². The maximum Gasteiger partial charge on any atom is 0.237 e. The van der Waals surface area contributed by atoms with Crippen LogP contribution in [0.3, 0.4) is 0 Å². The van der Waals surface area contributed by atoms with E-state index in [-0.39, 0.29) is 11.7 Å². The van der Waals surface area contributed by atoms with Gasteiger partial charge in [-0.3, -0.25) is 4.79 Å². The Morgan fingerprint density at radius 3 is 3.00 bits per heavy atom. The van der Waals surface area contributed by atoms with Crippen molar-refractivity contribution in [3.8, 4) is 6.07 Å². The molecule has 3 rings (SSSR count). The van der Waals surface area contributed by atoms with Crippen molar-refractivity contribution in [3.05, 3.63) is 47.2 Å². The molecule has 1 aliphatic heterocycles. The molecule has 4 nitrogen and oxygen atoms in total. The third kappa shape index (κ3) is 3.42. The van der Waals surface area contributed by atoms with Gasteiger partial charge in [-0.05, 0) is 37.6 Å². The Bertz CT molecular complexity index is 829. The van der Waals surface area contributed by atoms with Crippen LogP contribution < -0.4 is 4.90 Å². The highest BCUT2D eigenvalue weighted by Crippen LogP contribution is 2.35. The minimum atomic E-state index is 0.0533. The van der Waals surface area contributed by atoms with Gasteiger partial charge in [-0.1, -0.05) is 23.9 Å². The van der Waals surface area contributed by atoms with Crippen molar-refractivity contribution in [3.63, 3.8) is 0 Å². The Hall–Kier alpha value is -1.97. The second-order valence-corrected chi connectivity index (χ2v) is 7.62. The van der Waals surface area contributed by atoms with Gasteiger partial charge in [0.1, 0.15) is 11.1 Å². The van der Waals surface area contributed by atoms with Crippen molar-refractivity contribution in [2.75, 3.05) is 23.0 Å². The van der Waals surface area contributed by atoms with E-state index in [1.165, 1.54) is 11.8 Å². The quantitative estimate of drug-likeness (QED) is 0.784. The number of pyridine rings is 1. The van der Waals surface area contributed by atoms with Gasteiger partial charge in [0.2, 0.25) is 5.91 Å². The molecule has 122 valence electrons. The number of nitriles is 1. The molecule has 0 saturated carbocycles. The highest BCUT2D eigenvalue weighted by Gasteiger charge is 2.23. The number of para-hydroxylation sites is 1. The van der Waals surface area contributed by atoms with Crippen molar-refractivity contribution in [2.45, 2.75) is 23.8 Å². The number of amides is 1. The van der Waals surface area contributed by atoms with Crippen LogP contribution in [0.5, 0.6) is 0 Å². The number of fused-ring (bicyclic) bond motifs is 1. The van der Waals surface area contributed by atoms with Crippen molar-refractivity contribution >= 4 is 35.1 Å². The van der Waals surface area contributed by atoms with Gasteiger partial charge in [0.15, 0.2) is 0 Å². The summed E-state index contributed by atoms with van der Waals surface area (Å²) in [6, 6.07) is 12.1. The number of carbonyl (C=O) groups is 1. The summed E-state index contributed by atoms with van der Waals surface area (Å²) in [4.78, 5) is 20.1. The fourth-order valence-corrected chi connectivity index (χ4v) is 4.65. The zero-order chi connectivity index (χ0) is 17.1. The van der Waals surface area contributed by atoms with Crippen LogP contribution >= 0.6 is 23.5 Å². The number of rotatable bonds is 3. The second-order valence-electron chi connectivity index (χ2n) is 5.52. The molecule has 6 heteroatoms. The number of nitrogens with zero attached hydrogens (tertiary/aromatic N) is 3. The highest BCUT2D eigenvalue weighted by atomic mass is 32.2. The fraction of sp³-hybridized carbons (Fsp3) is 0.278. The van der Waals surface area contributed by atoms with E-state index >= 15 is 0 Å². The molecule has 1 aromatic carbocycles. The lowest BCUT2D eigenvalue weighted by atomic mass is 10.1. The zero-order valence-corrected chi connectivity index (χ0v) is 15.2. The summed E-state index contributed by atoms with van der Waals surface area (Å²) in [6.07, 6.45) is 0. The van der Waals surface area contributed by atoms with Gasteiger partial charge in [0.25, 0.3) is 0 Å². The maximum absolute atomic E-state index is 12.7. The molecule has 0 spiro atoms. The number of carbonyl (C=O) groups excluding carboxylic acids is 1. The Morgan fingerprint density at radius 2 is 2.21 bits per heavy atom. The van der Waals surface area contributed by atoms with Crippen molar-refractivity contribution in [1.82, 2.24) is 4.98 Å². The molecule has 24 heavy (non-hydrogen) atoms. The smallest absolute Gasteiger partial charge is 0.237 e. The van der Waals surface area contributed by atoms with E-state index in [0.717, 1.165) is 27.6 Å². The van der Waals surface area contributed by atoms with Gasteiger partial charge in [-0.15, -0.1) is 11.8 Å². The molecule has 0 aliphatic carbocycles. The zero-order valence-electron chi connectivity index (χ0n) is 13.6. The molecule has 1 aliphatic rings. The van der Waals surface area contributed by atoms with Gasteiger partial charge in [-0.25, -0.2) is 4.98 Å². The molecule has 0 radical (unpaired) electrons. The van der Waals surface area contributed by atoms with Gasteiger partial charge >= 0.3 is 0 Å². The highest BCUT2D eigenvalue weighted by molar-refractivity contribution is 8.00. The van der Waals surface area contributed by atoms with Crippen LogP contribution in [-0.2, 0) is 4.79 Å². The Kier molecular flexibility index (Phi) is 5.12. The minimum Gasteiger partial charge on any atom is -0.310 e. The van der Waals surface area contributed by atoms with Crippen LogP contribution in [0.25, 0.3) is 0 Å². The SMILES string of the molecule is Cc1cc(C)c(C#N)c(SCC(=O)N2CCSc3ccccc32)n1. The molecule has 1 amide bonds. The maximum atomic E-state index is 12.7. The second kappa shape index (κ2) is 7.29. The fourth-order valence-electron chi connectivity index (χ4n) is 2.68. The Balaban J connectivity index is 1.77. The lowest BCUT2D eigenvalue weighted by molar-refractivity contribution is -0.116. The number of aromatic nitrogens is 1. The molecule has 2 heterocycles. The molecule has 0 saturated heterocycles. The molecule has 1 aromatic heterocycles. The molecular formula is C18H17N3OS2. The predicted octanol–water partition coefficient (Wildman–Crippen LogP) is 3.80. The van der Waals surface area contributed by atoms with Crippen LogP contribution in [0.15, 0.2) is 40.3 Å². The summed E-state index contributed by atoms with van der Waals surface area (Å²) in [5, 5.41) is 9.97. The number of hydrogen-bond donors (Lipinski definition) is 0. The van der Waals surface area contributed by atoms with Gasteiger partial charge in [0, 0.05) is 22.9 Å². The third-order valence-electron chi connectivity index (χ3n) is 3.79. The first-order valence-corrected chi connectivity index (χ1v) is 9.60. The largest absolute Gasteiger partial charge is 0.310 e. The normalized spacial score (nSPS) is 13.3. The van der Waals surface area contributed by atoms with Gasteiger partial charge < -0.3 is 4.90 Å². The summed E-state index contributed by atoms with van der Waals surface area (Å²) in [7, 11) is 0. The number of benzene rings is 1. The first-order valence-electron chi connectivity index (χ1n) is 7.63. The molecular weight excluding hydrogens is 338 g/mol. The Labute approximate surface area is 150 Å². The number of aryl methyl sites for hydroxylation is 2. The average molecular weight is 355 g/mol. The number of anilines is 1. The van der Waals surface area contributed by atoms with Crippen molar-refractivity contribution < 1.29 is 4.79 Å². The van der Waals surface area contributed by atoms with Crippen LogP contribution in [0.1, 0.15) is 16.8 Å². The lowest BCUT2D eigenvalue weighted by Crippen LogP contribution is -2.36. The van der Waals surface area contributed by atoms with Crippen LogP contribution in [0.4, 0.5) is 5.69 Å². The average Bonchev–Trinajstić information content (AvgIpc) is 2.58. The summed E-state index contributed by atoms with van der Waals surface area (Å²) < 4.78 is 0. The molecule has 0 fully saturated rings. The third-order valence-corrected chi connectivity index (χ3v) is 5.79. The molecule has 0 atom stereocenters. The van der Waals surface area contributed by atoms with Gasteiger partial charge in [-0.2, -0.15) is 5.26 Å². The first kappa shape index (κ1) is 16.9. The van der Waals surface area contributed by atoms with Crippen LogP contribution in [0, 0.1) is 25.2 Å². The summed E-state index contributed by atoms with van der Waals surface area (Å²) in [6.45, 7) is 4.52. The molecule has 0 bridgehead atoms.